The maximum Gasteiger partial charge on any atom is 0.233 e. The van der Waals surface area contributed by atoms with Gasteiger partial charge in [-0.2, -0.15) is 0 Å². The fraction of sp³-hybridized carbons (Fsp3) is 0.632. The van der Waals surface area contributed by atoms with E-state index in [0.29, 0.717) is 23.2 Å². The van der Waals surface area contributed by atoms with E-state index in [1.807, 2.05) is 17.0 Å². The monoisotopic (exact) mass is 384 g/mol. The molecule has 138 valence electrons. The predicted octanol–water partition coefficient (Wildman–Crippen LogP) is 3.77. The van der Waals surface area contributed by atoms with E-state index in [1.54, 1.807) is 6.07 Å². The molecule has 1 aliphatic carbocycles. The highest BCUT2D eigenvalue weighted by molar-refractivity contribution is 6.42. The smallest absolute Gasteiger partial charge is 0.233 e. The van der Waals surface area contributed by atoms with Gasteiger partial charge >= 0.3 is 0 Å². The summed E-state index contributed by atoms with van der Waals surface area (Å²) in [5.74, 6) is 0.234. The molecule has 0 aromatic heterocycles. The van der Waals surface area contributed by atoms with Gasteiger partial charge in [0.2, 0.25) is 5.91 Å². The van der Waals surface area contributed by atoms with Crippen molar-refractivity contribution in [3.05, 3.63) is 33.8 Å². The Hall–Kier alpha value is -0.810. The Morgan fingerprint density at radius 2 is 1.96 bits per heavy atom. The van der Waals surface area contributed by atoms with Gasteiger partial charge in [-0.3, -0.25) is 4.79 Å². The summed E-state index contributed by atoms with van der Waals surface area (Å²) in [6.45, 7) is 2.89. The molecule has 0 bridgehead atoms. The summed E-state index contributed by atoms with van der Waals surface area (Å²) in [5, 5.41) is 1.05. The molecule has 2 aliphatic rings. The molecule has 25 heavy (non-hydrogen) atoms. The first-order valence-corrected chi connectivity index (χ1v) is 9.89. The highest BCUT2D eigenvalue weighted by Crippen LogP contribution is 2.46. The number of likely N-dealkylation sites (tertiary alicyclic amines) is 1. The van der Waals surface area contributed by atoms with Gasteiger partial charge in [0.25, 0.3) is 0 Å². The zero-order valence-corrected chi connectivity index (χ0v) is 16.0. The number of hydrogen-bond acceptors (Lipinski definition) is 3. The van der Waals surface area contributed by atoms with Crippen LogP contribution in [0, 0.1) is 0 Å². The van der Waals surface area contributed by atoms with E-state index in [4.69, 9.17) is 33.7 Å². The Morgan fingerprint density at radius 1 is 1.24 bits per heavy atom. The van der Waals surface area contributed by atoms with Crippen molar-refractivity contribution in [1.29, 1.82) is 0 Å². The number of piperidine rings is 1. The van der Waals surface area contributed by atoms with Crippen molar-refractivity contribution in [3.63, 3.8) is 0 Å². The summed E-state index contributed by atoms with van der Waals surface area (Å²) in [4.78, 5) is 15.3. The summed E-state index contributed by atoms with van der Waals surface area (Å²) in [6.07, 6.45) is 5.78. The summed E-state index contributed by atoms with van der Waals surface area (Å²) >= 11 is 12.2. The molecular weight excluding hydrogens is 359 g/mol. The number of carbonyl (C=O) groups excluding carboxylic acids is 1. The average molecular weight is 385 g/mol. The molecule has 2 N–H and O–H groups in total. The molecule has 1 aliphatic heterocycles. The topological polar surface area (TPSA) is 55.6 Å². The van der Waals surface area contributed by atoms with Gasteiger partial charge in [0, 0.05) is 19.7 Å². The molecule has 0 radical (unpaired) electrons. The van der Waals surface area contributed by atoms with Gasteiger partial charge in [-0.05, 0) is 56.3 Å². The molecule has 1 saturated heterocycles. The summed E-state index contributed by atoms with van der Waals surface area (Å²) in [7, 11) is 0. The van der Waals surface area contributed by atoms with E-state index >= 15 is 0 Å². The minimum atomic E-state index is -0.415. The first-order valence-electron chi connectivity index (χ1n) is 9.13. The van der Waals surface area contributed by atoms with Gasteiger partial charge in [0.05, 0.1) is 21.6 Å². The van der Waals surface area contributed by atoms with E-state index in [2.05, 4.69) is 0 Å². The normalized spacial score (nSPS) is 20.4. The molecule has 4 nitrogen and oxygen atoms in total. The first-order chi connectivity index (χ1) is 12.1. The number of rotatable bonds is 6. The lowest BCUT2D eigenvalue weighted by atomic mass is 9.63. The van der Waals surface area contributed by atoms with Crippen LogP contribution in [0.25, 0.3) is 0 Å². The quantitative estimate of drug-likeness (QED) is 0.759. The maximum atomic E-state index is 13.3. The van der Waals surface area contributed by atoms with Crippen molar-refractivity contribution in [1.82, 2.24) is 4.90 Å². The highest BCUT2D eigenvalue weighted by Gasteiger charge is 2.48. The van der Waals surface area contributed by atoms with Crippen LogP contribution < -0.4 is 5.73 Å². The van der Waals surface area contributed by atoms with Crippen LogP contribution in [-0.4, -0.2) is 43.2 Å². The van der Waals surface area contributed by atoms with Crippen LogP contribution in [0.5, 0.6) is 0 Å². The Labute approximate surface area is 159 Å². The molecular formula is C19H26Cl2N2O2. The van der Waals surface area contributed by atoms with Crippen LogP contribution in [0.3, 0.4) is 0 Å². The van der Waals surface area contributed by atoms with Crippen molar-refractivity contribution in [3.8, 4) is 0 Å². The van der Waals surface area contributed by atoms with Gasteiger partial charge in [-0.15, -0.1) is 0 Å². The molecule has 1 aromatic rings. The minimum Gasteiger partial charge on any atom is -0.378 e. The van der Waals surface area contributed by atoms with Gasteiger partial charge < -0.3 is 15.4 Å². The second kappa shape index (κ2) is 8.26. The number of ether oxygens (including phenoxy) is 1. The molecule has 0 atom stereocenters. The minimum absolute atomic E-state index is 0.234. The number of nitrogens with zero attached hydrogens (tertiary/aromatic N) is 1. The van der Waals surface area contributed by atoms with Gasteiger partial charge in [0.15, 0.2) is 0 Å². The highest BCUT2D eigenvalue weighted by atomic mass is 35.5. The molecule has 2 fully saturated rings. The second-order valence-electron chi connectivity index (χ2n) is 7.07. The predicted molar refractivity (Wildman–Crippen MR) is 101 cm³/mol. The third-order valence-electron chi connectivity index (χ3n) is 5.52. The molecule has 0 spiro atoms. The molecule has 6 heteroatoms. The van der Waals surface area contributed by atoms with Gasteiger partial charge in [-0.1, -0.05) is 35.7 Å². The molecule has 3 rings (SSSR count). The number of amides is 1. The Bertz CT molecular complexity index is 611. The zero-order chi connectivity index (χ0) is 17.9. The number of hydrogen-bond donors (Lipinski definition) is 1. The number of carbonyl (C=O) groups is 1. The maximum absolute atomic E-state index is 13.3. The number of nitrogens with two attached hydrogens (primary N) is 1. The van der Waals surface area contributed by atoms with Crippen LogP contribution in [0.4, 0.5) is 0 Å². The number of benzene rings is 1. The first kappa shape index (κ1) is 19.0. The lowest BCUT2D eigenvalue weighted by molar-refractivity contribution is -0.143. The van der Waals surface area contributed by atoms with E-state index < -0.39 is 5.41 Å². The van der Waals surface area contributed by atoms with E-state index in [0.717, 1.165) is 57.2 Å². The van der Waals surface area contributed by atoms with E-state index in [1.165, 1.54) is 0 Å². The lowest BCUT2D eigenvalue weighted by Crippen LogP contribution is -2.53. The van der Waals surface area contributed by atoms with Crippen molar-refractivity contribution >= 4 is 29.1 Å². The molecule has 1 saturated carbocycles. The van der Waals surface area contributed by atoms with E-state index in [-0.39, 0.29) is 12.0 Å². The fourth-order valence-electron chi connectivity index (χ4n) is 3.81. The van der Waals surface area contributed by atoms with Crippen molar-refractivity contribution in [2.45, 2.75) is 50.0 Å². The SMILES string of the molecule is NCCCOC1CCN(C(=O)C2(c3ccc(Cl)c(Cl)c3)CCC2)CC1. The third-order valence-corrected chi connectivity index (χ3v) is 6.26. The lowest BCUT2D eigenvalue weighted by Gasteiger charge is -2.45. The van der Waals surface area contributed by atoms with Gasteiger partial charge in [0.1, 0.15) is 0 Å². The van der Waals surface area contributed by atoms with E-state index in [9.17, 15) is 4.79 Å². The summed E-state index contributed by atoms with van der Waals surface area (Å²) < 4.78 is 5.84. The van der Waals surface area contributed by atoms with Crippen LogP contribution in [0.15, 0.2) is 18.2 Å². The fourth-order valence-corrected chi connectivity index (χ4v) is 4.11. The van der Waals surface area contributed by atoms with Crippen LogP contribution in [0.1, 0.15) is 44.1 Å². The Kier molecular flexibility index (Phi) is 6.26. The Morgan fingerprint density at radius 3 is 2.52 bits per heavy atom. The summed E-state index contributed by atoms with van der Waals surface area (Å²) in [6, 6.07) is 5.61. The standard InChI is InChI=1S/C19H26Cl2N2O2/c20-16-4-3-14(13-17(16)21)19(7-1-8-19)18(24)23-10-5-15(6-11-23)25-12-2-9-22/h3-4,13,15H,1-2,5-12,22H2. The molecule has 1 heterocycles. The summed E-state index contributed by atoms with van der Waals surface area (Å²) in [5.41, 5.74) is 6.08. The van der Waals surface area contributed by atoms with Crippen LogP contribution >= 0.6 is 23.2 Å². The molecule has 1 amide bonds. The zero-order valence-electron chi connectivity index (χ0n) is 14.5. The second-order valence-corrected chi connectivity index (χ2v) is 7.88. The number of halogens is 2. The van der Waals surface area contributed by atoms with Crippen molar-refractivity contribution < 1.29 is 9.53 Å². The molecule has 1 aromatic carbocycles. The third kappa shape index (κ3) is 3.97. The van der Waals surface area contributed by atoms with Crippen LogP contribution in [0.2, 0.25) is 10.0 Å². The van der Waals surface area contributed by atoms with Gasteiger partial charge in [-0.25, -0.2) is 0 Å². The Balaban J connectivity index is 1.64. The molecule has 0 unspecified atom stereocenters. The van der Waals surface area contributed by atoms with Crippen molar-refractivity contribution in [2.75, 3.05) is 26.2 Å². The average Bonchev–Trinajstić information content (AvgIpc) is 2.58. The van der Waals surface area contributed by atoms with Crippen molar-refractivity contribution in [2.24, 2.45) is 5.73 Å². The van der Waals surface area contributed by atoms with Crippen LogP contribution in [-0.2, 0) is 14.9 Å². The largest absolute Gasteiger partial charge is 0.378 e.